The highest BCUT2D eigenvalue weighted by Crippen LogP contribution is 2.37. The minimum atomic E-state index is -4.08. The molecule has 0 fully saturated rings. The first-order valence-corrected chi connectivity index (χ1v) is 12.9. The predicted octanol–water partition coefficient (Wildman–Crippen LogP) is 5.62. The van der Waals surface area contributed by atoms with Gasteiger partial charge in [0, 0.05) is 16.6 Å². The normalized spacial score (nSPS) is 11.6. The number of benzene rings is 3. The summed E-state index contributed by atoms with van der Waals surface area (Å²) < 4.78 is 30.2. The minimum Gasteiger partial charge on any atom is -0.307 e. The third kappa shape index (κ3) is 4.13. The molecular weight excluding hydrogens is 528 g/mol. The number of anilines is 1. The summed E-state index contributed by atoms with van der Waals surface area (Å²) in [6.45, 7) is 4.02. The Morgan fingerprint density at radius 1 is 0.971 bits per heavy atom. The van der Waals surface area contributed by atoms with Crippen LogP contribution >= 0.6 is 15.9 Å². The molecule has 5 rings (SSSR count). The van der Waals surface area contributed by atoms with E-state index in [9.17, 15) is 13.2 Å². The van der Waals surface area contributed by atoms with E-state index in [0.717, 1.165) is 4.47 Å². The van der Waals surface area contributed by atoms with Gasteiger partial charge in [0.25, 0.3) is 5.91 Å². The molecular formula is C26H19BrN4O3S. The minimum absolute atomic E-state index is 0.0871. The molecule has 0 saturated heterocycles. The second kappa shape index (κ2) is 9.09. The first-order valence-electron chi connectivity index (χ1n) is 10.7. The molecule has 0 saturated carbocycles. The number of amides is 1. The average molecular weight is 547 g/mol. The van der Waals surface area contributed by atoms with E-state index in [1.807, 2.05) is 12.1 Å². The Morgan fingerprint density at radius 2 is 1.66 bits per heavy atom. The number of fused-ring (bicyclic) bond motifs is 2. The first kappa shape index (κ1) is 22.9. The lowest BCUT2D eigenvalue weighted by Gasteiger charge is -2.12. The molecule has 1 N–H and O–H groups in total. The fourth-order valence-electron chi connectivity index (χ4n) is 3.88. The Bertz CT molecular complexity index is 1710. The maximum absolute atomic E-state index is 13.9. The summed E-state index contributed by atoms with van der Waals surface area (Å²) in [4.78, 5) is 22.6. The van der Waals surface area contributed by atoms with Gasteiger partial charge in [-0.25, -0.2) is 18.4 Å². The number of sulfone groups is 1. The molecule has 35 heavy (non-hydrogen) atoms. The van der Waals surface area contributed by atoms with Crippen LogP contribution in [0, 0.1) is 0 Å². The molecule has 0 unspecified atom stereocenters. The van der Waals surface area contributed by atoms with Crippen LogP contribution in [0.2, 0.25) is 0 Å². The summed E-state index contributed by atoms with van der Waals surface area (Å²) in [6.07, 6.45) is 1.62. The van der Waals surface area contributed by atoms with Crippen molar-refractivity contribution in [2.24, 2.45) is 0 Å². The second-order valence-corrected chi connectivity index (χ2v) is 10.5. The molecule has 1 amide bonds. The van der Waals surface area contributed by atoms with Crippen molar-refractivity contribution in [3.63, 3.8) is 0 Å². The largest absolute Gasteiger partial charge is 0.307 e. The standard InChI is InChI=1S/C26H19BrN4O3S/c1-2-15-31-24-22(28-20-13-6-7-14-21(20)29-24)23(35(33,34)19-11-4-3-5-12-19)25(31)30-26(32)17-9-8-10-18(27)16-17/h2-14,16H,1,15H2,(H,30,32). The van der Waals surface area contributed by atoms with Gasteiger partial charge >= 0.3 is 0 Å². The molecule has 2 aromatic heterocycles. The highest BCUT2D eigenvalue weighted by atomic mass is 79.9. The first-order chi connectivity index (χ1) is 16.9. The van der Waals surface area contributed by atoms with Crippen molar-refractivity contribution in [3.8, 4) is 0 Å². The van der Waals surface area contributed by atoms with Crippen LogP contribution in [-0.4, -0.2) is 28.9 Å². The van der Waals surface area contributed by atoms with Gasteiger partial charge in [0.2, 0.25) is 9.84 Å². The van der Waals surface area contributed by atoms with Gasteiger partial charge in [0.1, 0.15) is 16.2 Å². The number of hydrogen-bond acceptors (Lipinski definition) is 5. The Labute approximate surface area is 210 Å². The average Bonchev–Trinajstić information content (AvgIpc) is 3.15. The van der Waals surface area contributed by atoms with Crippen molar-refractivity contribution in [3.05, 3.63) is 102 Å². The van der Waals surface area contributed by atoms with Gasteiger partial charge in [-0.1, -0.05) is 58.4 Å². The number of hydrogen-bond donors (Lipinski definition) is 1. The molecule has 0 atom stereocenters. The van der Waals surface area contributed by atoms with Crippen molar-refractivity contribution in [2.45, 2.75) is 16.3 Å². The topological polar surface area (TPSA) is 94.0 Å². The van der Waals surface area contributed by atoms with E-state index in [-0.39, 0.29) is 27.7 Å². The lowest BCUT2D eigenvalue weighted by molar-refractivity contribution is 0.102. The molecule has 0 bridgehead atoms. The van der Waals surface area contributed by atoms with Crippen LogP contribution in [0.3, 0.4) is 0 Å². The number of carbonyl (C=O) groups excluding carboxylic acids is 1. The van der Waals surface area contributed by atoms with Gasteiger partial charge in [-0.05, 0) is 42.5 Å². The second-order valence-electron chi connectivity index (χ2n) is 7.74. The highest BCUT2D eigenvalue weighted by Gasteiger charge is 2.32. The Hall–Kier alpha value is -3.82. The fraction of sp³-hybridized carbons (Fsp3) is 0.0385. The SMILES string of the molecule is C=CCn1c(NC(=O)c2cccc(Br)c2)c(S(=O)(=O)c2ccccc2)c2nc3ccccc3nc21. The molecule has 0 aliphatic carbocycles. The van der Waals surface area contributed by atoms with E-state index in [1.165, 1.54) is 12.1 Å². The number of nitrogens with one attached hydrogen (secondary N) is 1. The maximum Gasteiger partial charge on any atom is 0.256 e. The monoisotopic (exact) mass is 546 g/mol. The quantitative estimate of drug-likeness (QED) is 0.279. The summed E-state index contributed by atoms with van der Waals surface area (Å²) in [5.41, 5.74) is 2.03. The summed E-state index contributed by atoms with van der Waals surface area (Å²) >= 11 is 3.37. The van der Waals surface area contributed by atoms with Crippen LogP contribution in [0.5, 0.6) is 0 Å². The summed E-state index contributed by atoms with van der Waals surface area (Å²) in [5.74, 6) is -0.377. The van der Waals surface area contributed by atoms with E-state index >= 15 is 0 Å². The molecule has 2 heterocycles. The smallest absolute Gasteiger partial charge is 0.256 e. The highest BCUT2D eigenvalue weighted by molar-refractivity contribution is 9.10. The molecule has 0 aliphatic rings. The summed E-state index contributed by atoms with van der Waals surface area (Å²) in [7, 11) is -4.08. The van der Waals surface area contributed by atoms with E-state index < -0.39 is 15.7 Å². The van der Waals surface area contributed by atoms with Gasteiger partial charge in [-0.2, -0.15) is 0 Å². The summed E-state index contributed by atoms with van der Waals surface area (Å²) in [6, 6.07) is 22.1. The third-order valence-corrected chi connectivity index (χ3v) is 7.77. The van der Waals surface area contributed by atoms with Crippen LogP contribution in [0.4, 0.5) is 5.82 Å². The Balaban J connectivity index is 1.83. The van der Waals surface area contributed by atoms with Crippen molar-refractivity contribution >= 4 is 59.7 Å². The van der Waals surface area contributed by atoms with Crippen LogP contribution in [-0.2, 0) is 16.4 Å². The van der Waals surface area contributed by atoms with Crippen LogP contribution in [0.25, 0.3) is 22.2 Å². The number of nitrogens with zero attached hydrogens (tertiary/aromatic N) is 3. The van der Waals surface area contributed by atoms with Gasteiger partial charge in [-0.3, -0.25) is 4.79 Å². The van der Waals surface area contributed by atoms with Crippen LogP contribution in [0.15, 0.2) is 106 Å². The number of aromatic nitrogens is 3. The molecule has 174 valence electrons. The van der Waals surface area contributed by atoms with Gasteiger partial charge in [0.05, 0.1) is 15.9 Å². The van der Waals surface area contributed by atoms with Gasteiger partial charge in [-0.15, -0.1) is 6.58 Å². The van der Waals surface area contributed by atoms with Crippen molar-refractivity contribution in [2.75, 3.05) is 5.32 Å². The number of allylic oxidation sites excluding steroid dienone is 1. The van der Waals surface area contributed by atoms with E-state index in [1.54, 1.807) is 65.2 Å². The third-order valence-electron chi connectivity index (χ3n) is 5.46. The molecule has 0 spiro atoms. The molecule has 0 radical (unpaired) electrons. The number of rotatable bonds is 6. The number of carbonyl (C=O) groups is 1. The summed E-state index contributed by atoms with van der Waals surface area (Å²) in [5, 5.41) is 2.82. The van der Waals surface area contributed by atoms with Crippen LogP contribution in [0.1, 0.15) is 10.4 Å². The molecule has 7 nitrogen and oxygen atoms in total. The van der Waals surface area contributed by atoms with Gasteiger partial charge < -0.3 is 9.88 Å². The predicted molar refractivity (Wildman–Crippen MR) is 139 cm³/mol. The van der Waals surface area contributed by atoms with Crippen molar-refractivity contribution in [1.82, 2.24) is 14.5 Å². The van der Waals surface area contributed by atoms with Crippen molar-refractivity contribution in [1.29, 1.82) is 0 Å². The lowest BCUT2D eigenvalue weighted by atomic mass is 10.2. The Kier molecular flexibility index (Phi) is 5.96. The molecule has 3 aromatic carbocycles. The number of halogens is 1. The fourth-order valence-corrected chi connectivity index (χ4v) is 5.84. The van der Waals surface area contributed by atoms with E-state index in [2.05, 4.69) is 32.8 Å². The van der Waals surface area contributed by atoms with E-state index in [4.69, 9.17) is 4.98 Å². The molecule has 0 aliphatic heterocycles. The molecule has 9 heteroatoms. The maximum atomic E-state index is 13.9. The number of para-hydroxylation sites is 2. The van der Waals surface area contributed by atoms with E-state index in [0.29, 0.717) is 22.2 Å². The van der Waals surface area contributed by atoms with Crippen LogP contribution < -0.4 is 5.32 Å². The molecule has 5 aromatic rings. The lowest BCUT2D eigenvalue weighted by Crippen LogP contribution is -2.17. The Morgan fingerprint density at radius 3 is 2.34 bits per heavy atom. The zero-order chi connectivity index (χ0) is 24.6. The zero-order valence-electron chi connectivity index (χ0n) is 18.3. The zero-order valence-corrected chi connectivity index (χ0v) is 20.8. The van der Waals surface area contributed by atoms with Gasteiger partial charge in [0.15, 0.2) is 5.65 Å². The van der Waals surface area contributed by atoms with Crippen molar-refractivity contribution < 1.29 is 13.2 Å².